The van der Waals surface area contributed by atoms with E-state index in [1.54, 1.807) is 7.11 Å². The number of amides is 1. The summed E-state index contributed by atoms with van der Waals surface area (Å²) in [6.07, 6.45) is 4.51. The Kier molecular flexibility index (Phi) is 8.59. The van der Waals surface area contributed by atoms with Crippen molar-refractivity contribution in [3.8, 4) is 5.75 Å². The topological polar surface area (TPSA) is 41.6 Å². The van der Waals surface area contributed by atoms with E-state index in [1.807, 2.05) is 31.2 Å². The molecule has 1 aliphatic heterocycles. The second-order valence-electron chi connectivity index (χ2n) is 9.77. The van der Waals surface area contributed by atoms with Gasteiger partial charge in [0.15, 0.2) is 0 Å². The molecule has 4 rings (SSSR count). The van der Waals surface area contributed by atoms with Crippen LogP contribution in [0.4, 0.5) is 0 Å². The minimum absolute atomic E-state index is 0.0241. The van der Waals surface area contributed by atoms with Crippen molar-refractivity contribution in [3.63, 3.8) is 0 Å². The molecule has 0 aliphatic carbocycles. The normalized spacial score (nSPS) is 15.5. The zero-order valence-corrected chi connectivity index (χ0v) is 21.3. The SMILES string of the molecule is CC[C@H](NC(=O)c1ccc(CN2CCC(Cc3ccccc3)CC2)cc1)c1ccc(OC)c(C)c1. The van der Waals surface area contributed by atoms with E-state index in [2.05, 4.69) is 65.7 Å². The summed E-state index contributed by atoms with van der Waals surface area (Å²) in [5.41, 5.74) is 5.60. The fourth-order valence-electron chi connectivity index (χ4n) is 5.10. The molecule has 4 nitrogen and oxygen atoms in total. The number of hydrogen-bond donors (Lipinski definition) is 1. The monoisotopic (exact) mass is 470 g/mol. The highest BCUT2D eigenvalue weighted by Crippen LogP contribution is 2.25. The predicted octanol–water partition coefficient (Wildman–Crippen LogP) is 6.34. The Labute approximate surface area is 210 Å². The zero-order valence-electron chi connectivity index (χ0n) is 21.3. The van der Waals surface area contributed by atoms with Crippen LogP contribution in [0.2, 0.25) is 0 Å². The average molecular weight is 471 g/mol. The quantitative estimate of drug-likeness (QED) is 0.397. The van der Waals surface area contributed by atoms with Gasteiger partial charge in [-0.25, -0.2) is 0 Å². The molecule has 0 aromatic heterocycles. The van der Waals surface area contributed by atoms with Crippen LogP contribution >= 0.6 is 0 Å². The lowest BCUT2D eigenvalue weighted by Crippen LogP contribution is -2.33. The van der Waals surface area contributed by atoms with E-state index in [0.717, 1.165) is 48.8 Å². The van der Waals surface area contributed by atoms with Gasteiger partial charge in [0.25, 0.3) is 5.91 Å². The molecule has 0 radical (unpaired) electrons. The van der Waals surface area contributed by atoms with E-state index in [9.17, 15) is 4.79 Å². The Hall–Kier alpha value is -3.11. The van der Waals surface area contributed by atoms with Crippen molar-refractivity contribution in [3.05, 3.63) is 101 Å². The summed E-state index contributed by atoms with van der Waals surface area (Å²) in [5, 5.41) is 3.20. The number of carbonyl (C=O) groups is 1. The van der Waals surface area contributed by atoms with E-state index in [-0.39, 0.29) is 11.9 Å². The van der Waals surface area contributed by atoms with Gasteiger partial charge in [0.2, 0.25) is 0 Å². The summed E-state index contributed by atoms with van der Waals surface area (Å²) in [6, 6.07) is 25.0. The van der Waals surface area contributed by atoms with Crippen LogP contribution in [-0.4, -0.2) is 31.0 Å². The Morgan fingerprint density at radius 3 is 2.34 bits per heavy atom. The first kappa shape index (κ1) is 25.0. The molecule has 1 amide bonds. The summed E-state index contributed by atoms with van der Waals surface area (Å²) in [6.45, 7) is 7.35. The standard InChI is InChI=1S/C31H38N2O2/c1-4-29(28-14-15-30(35-3)23(2)20-28)32-31(34)27-12-10-26(11-13-27)22-33-18-16-25(17-19-33)21-24-8-6-5-7-9-24/h5-15,20,25,29H,4,16-19,21-22H2,1-3H3,(H,32,34)/t29-/m0/s1. The van der Waals surface area contributed by atoms with Crippen LogP contribution < -0.4 is 10.1 Å². The van der Waals surface area contributed by atoms with Gasteiger partial charge in [0, 0.05) is 12.1 Å². The van der Waals surface area contributed by atoms with Crippen molar-refractivity contribution in [1.29, 1.82) is 0 Å². The minimum atomic E-state index is -0.0291. The summed E-state index contributed by atoms with van der Waals surface area (Å²) in [4.78, 5) is 15.5. The first-order valence-electron chi connectivity index (χ1n) is 12.9. The van der Waals surface area contributed by atoms with Gasteiger partial charge in [0.1, 0.15) is 5.75 Å². The molecule has 184 valence electrons. The van der Waals surface area contributed by atoms with Gasteiger partial charge < -0.3 is 10.1 Å². The summed E-state index contributed by atoms with van der Waals surface area (Å²) >= 11 is 0. The molecule has 1 aliphatic rings. The summed E-state index contributed by atoms with van der Waals surface area (Å²) in [5.74, 6) is 1.62. The Morgan fingerprint density at radius 2 is 1.71 bits per heavy atom. The maximum absolute atomic E-state index is 12.9. The minimum Gasteiger partial charge on any atom is -0.496 e. The van der Waals surface area contributed by atoms with Crippen LogP contribution in [0.5, 0.6) is 5.75 Å². The van der Waals surface area contributed by atoms with E-state index in [1.165, 1.54) is 30.4 Å². The molecule has 0 spiro atoms. The lowest BCUT2D eigenvalue weighted by molar-refractivity contribution is 0.0935. The molecule has 1 atom stereocenters. The van der Waals surface area contributed by atoms with Crippen molar-refractivity contribution in [2.45, 2.75) is 52.1 Å². The summed E-state index contributed by atoms with van der Waals surface area (Å²) < 4.78 is 5.37. The number of aryl methyl sites for hydroxylation is 1. The molecular formula is C31H38N2O2. The van der Waals surface area contributed by atoms with Gasteiger partial charge in [-0.1, -0.05) is 61.5 Å². The highest BCUT2D eigenvalue weighted by molar-refractivity contribution is 5.94. The second-order valence-corrected chi connectivity index (χ2v) is 9.77. The van der Waals surface area contributed by atoms with Gasteiger partial charge >= 0.3 is 0 Å². The molecular weight excluding hydrogens is 432 g/mol. The third-order valence-electron chi connectivity index (χ3n) is 7.23. The van der Waals surface area contributed by atoms with Gasteiger partial charge in [-0.15, -0.1) is 0 Å². The number of rotatable bonds is 9. The number of piperidine rings is 1. The fourth-order valence-corrected chi connectivity index (χ4v) is 5.10. The number of benzene rings is 3. The Bertz CT molecular complexity index is 1090. The number of ether oxygens (including phenoxy) is 1. The van der Waals surface area contributed by atoms with E-state index in [4.69, 9.17) is 4.74 Å². The van der Waals surface area contributed by atoms with E-state index in [0.29, 0.717) is 5.56 Å². The third-order valence-corrected chi connectivity index (χ3v) is 7.23. The van der Waals surface area contributed by atoms with Gasteiger partial charge in [-0.2, -0.15) is 0 Å². The molecule has 0 unspecified atom stereocenters. The molecule has 3 aromatic carbocycles. The smallest absolute Gasteiger partial charge is 0.251 e. The number of nitrogens with one attached hydrogen (secondary N) is 1. The predicted molar refractivity (Wildman–Crippen MR) is 143 cm³/mol. The molecule has 1 saturated heterocycles. The number of methoxy groups -OCH3 is 1. The number of carbonyl (C=O) groups excluding carboxylic acids is 1. The molecule has 4 heteroatoms. The maximum Gasteiger partial charge on any atom is 0.251 e. The number of likely N-dealkylation sites (tertiary alicyclic amines) is 1. The highest BCUT2D eigenvalue weighted by Gasteiger charge is 2.20. The van der Waals surface area contributed by atoms with E-state index >= 15 is 0 Å². The van der Waals surface area contributed by atoms with Crippen LogP contribution in [0.1, 0.15) is 64.8 Å². The lowest BCUT2D eigenvalue weighted by atomic mass is 9.90. The lowest BCUT2D eigenvalue weighted by Gasteiger charge is -2.32. The maximum atomic E-state index is 12.9. The Balaban J connectivity index is 1.28. The van der Waals surface area contributed by atoms with Crippen LogP contribution in [-0.2, 0) is 13.0 Å². The summed E-state index contributed by atoms with van der Waals surface area (Å²) in [7, 11) is 1.68. The van der Waals surface area contributed by atoms with Crippen molar-refractivity contribution in [1.82, 2.24) is 10.2 Å². The van der Waals surface area contributed by atoms with Crippen molar-refractivity contribution in [2.24, 2.45) is 5.92 Å². The molecule has 1 heterocycles. The van der Waals surface area contributed by atoms with Crippen molar-refractivity contribution in [2.75, 3.05) is 20.2 Å². The van der Waals surface area contributed by atoms with Crippen LogP contribution in [0.25, 0.3) is 0 Å². The van der Waals surface area contributed by atoms with Crippen molar-refractivity contribution >= 4 is 5.91 Å². The first-order valence-corrected chi connectivity index (χ1v) is 12.9. The average Bonchev–Trinajstić information content (AvgIpc) is 2.89. The molecule has 0 bridgehead atoms. The van der Waals surface area contributed by atoms with Crippen molar-refractivity contribution < 1.29 is 9.53 Å². The highest BCUT2D eigenvalue weighted by atomic mass is 16.5. The fraction of sp³-hybridized carbons (Fsp3) is 0.387. The largest absolute Gasteiger partial charge is 0.496 e. The van der Waals surface area contributed by atoms with Crippen LogP contribution in [0, 0.1) is 12.8 Å². The van der Waals surface area contributed by atoms with E-state index < -0.39 is 0 Å². The molecule has 3 aromatic rings. The first-order chi connectivity index (χ1) is 17.1. The van der Waals surface area contributed by atoms with Gasteiger partial charge in [-0.05, 0) is 92.1 Å². The molecule has 35 heavy (non-hydrogen) atoms. The molecule has 1 N–H and O–H groups in total. The second kappa shape index (κ2) is 12.0. The molecule has 0 saturated carbocycles. The van der Waals surface area contributed by atoms with Gasteiger partial charge in [-0.3, -0.25) is 9.69 Å². The number of hydrogen-bond acceptors (Lipinski definition) is 3. The number of nitrogens with zero attached hydrogens (tertiary/aromatic N) is 1. The zero-order chi connectivity index (χ0) is 24.6. The van der Waals surface area contributed by atoms with Crippen LogP contribution in [0.3, 0.4) is 0 Å². The molecule has 1 fully saturated rings. The van der Waals surface area contributed by atoms with Crippen LogP contribution in [0.15, 0.2) is 72.8 Å². The third kappa shape index (κ3) is 6.73. The Morgan fingerprint density at radius 1 is 1.00 bits per heavy atom. The van der Waals surface area contributed by atoms with Gasteiger partial charge in [0.05, 0.1) is 13.2 Å².